The Balaban J connectivity index is 1.52. The first-order valence-corrected chi connectivity index (χ1v) is 11.0. The Morgan fingerprint density at radius 3 is 2.53 bits per heavy atom. The molecule has 0 N–H and O–H groups in total. The maximum absolute atomic E-state index is 13.3. The van der Waals surface area contributed by atoms with Crippen LogP contribution in [-0.2, 0) is 11.3 Å². The third kappa shape index (κ3) is 3.83. The van der Waals surface area contributed by atoms with Gasteiger partial charge in [0.15, 0.2) is 0 Å². The first-order valence-electron chi connectivity index (χ1n) is 9.85. The monoisotopic (exact) mass is 462 g/mol. The van der Waals surface area contributed by atoms with E-state index >= 15 is 0 Å². The topological polar surface area (TPSA) is 42.3 Å². The van der Waals surface area contributed by atoms with Crippen LogP contribution in [0.15, 0.2) is 83.9 Å². The molecule has 0 atom stereocenters. The molecule has 0 unspecified atom stereocenters. The van der Waals surface area contributed by atoms with Crippen molar-refractivity contribution in [3.8, 4) is 0 Å². The average molecular weight is 463 g/mol. The van der Waals surface area contributed by atoms with Gasteiger partial charge in [-0.25, -0.2) is 9.29 Å². The maximum Gasteiger partial charge on any atom is 0.298 e. The number of anilines is 1. The molecule has 158 valence electrons. The van der Waals surface area contributed by atoms with E-state index in [1.54, 1.807) is 42.5 Å². The molecule has 0 radical (unpaired) electrons. The molecular formula is C25H16ClFN2O2S. The van der Waals surface area contributed by atoms with Gasteiger partial charge in [-0.1, -0.05) is 48.0 Å². The van der Waals surface area contributed by atoms with Crippen LogP contribution in [0.25, 0.3) is 17.0 Å². The van der Waals surface area contributed by atoms with E-state index in [-0.39, 0.29) is 17.0 Å². The second-order valence-electron chi connectivity index (χ2n) is 7.35. The molecule has 32 heavy (non-hydrogen) atoms. The fraction of sp³-hybridized carbons (Fsp3) is 0.0400. The lowest BCUT2D eigenvalue weighted by molar-refractivity contribution is -0.113. The number of para-hydroxylation sites is 1. The van der Waals surface area contributed by atoms with Crippen molar-refractivity contribution in [2.24, 2.45) is 0 Å². The minimum Gasteiger partial charge on any atom is -0.342 e. The highest BCUT2D eigenvalue weighted by atomic mass is 35.5. The van der Waals surface area contributed by atoms with Crippen LogP contribution in [0.2, 0.25) is 5.02 Å². The minimum atomic E-state index is -0.377. The molecule has 1 aliphatic rings. The highest BCUT2D eigenvalue weighted by Crippen LogP contribution is 2.37. The Labute approximate surface area is 192 Å². The molecule has 2 heterocycles. The normalized spacial score (nSPS) is 15.3. The summed E-state index contributed by atoms with van der Waals surface area (Å²) in [6.07, 6.45) is 3.69. The molecule has 2 amide bonds. The molecule has 4 nitrogen and oxygen atoms in total. The quantitative estimate of drug-likeness (QED) is 0.316. The van der Waals surface area contributed by atoms with E-state index in [0.29, 0.717) is 22.2 Å². The molecule has 5 rings (SSSR count). The number of carbonyl (C=O) groups is 2. The van der Waals surface area contributed by atoms with Crippen LogP contribution >= 0.6 is 23.4 Å². The van der Waals surface area contributed by atoms with Gasteiger partial charge in [0.2, 0.25) is 0 Å². The van der Waals surface area contributed by atoms with E-state index in [2.05, 4.69) is 4.57 Å². The van der Waals surface area contributed by atoms with Gasteiger partial charge in [0, 0.05) is 34.2 Å². The predicted molar refractivity (Wildman–Crippen MR) is 127 cm³/mol. The van der Waals surface area contributed by atoms with Gasteiger partial charge in [-0.3, -0.25) is 9.59 Å². The Bertz CT molecular complexity index is 1390. The Kier molecular flexibility index (Phi) is 5.33. The molecular weight excluding hydrogens is 447 g/mol. The van der Waals surface area contributed by atoms with Crippen LogP contribution in [0.5, 0.6) is 0 Å². The number of carbonyl (C=O) groups excluding carboxylic acids is 2. The first kappa shape index (κ1) is 20.5. The van der Waals surface area contributed by atoms with Crippen LogP contribution in [0.3, 0.4) is 0 Å². The van der Waals surface area contributed by atoms with Gasteiger partial charge in [-0.2, -0.15) is 0 Å². The average Bonchev–Trinajstić information content (AvgIpc) is 3.26. The fourth-order valence-electron chi connectivity index (χ4n) is 3.75. The number of benzene rings is 3. The summed E-state index contributed by atoms with van der Waals surface area (Å²) in [5.74, 6) is -0.653. The summed E-state index contributed by atoms with van der Waals surface area (Å²) >= 11 is 6.94. The SMILES string of the molecule is O=C1S/C(=C/c2cn(Cc3ccc(F)cc3)c3ccccc23)C(=O)N1c1cccc(Cl)c1. The molecule has 1 aromatic heterocycles. The van der Waals surface area contributed by atoms with Gasteiger partial charge in [0.05, 0.1) is 10.6 Å². The van der Waals surface area contributed by atoms with Crippen molar-refractivity contribution in [1.29, 1.82) is 0 Å². The molecule has 3 aromatic carbocycles. The molecule has 1 aliphatic heterocycles. The summed E-state index contributed by atoms with van der Waals surface area (Å²) in [5.41, 5.74) is 3.22. The van der Waals surface area contributed by atoms with E-state index < -0.39 is 0 Å². The van der Waals surface area contributed by atoms with Crippen LogP contribution < -0.4 is 4.90 Å². The van der Waals surface area contributed by atoms with Crippen molar-refractivity contribution in [3.63, 3.8) is 0 Å². The number of amides is 2. The largest absolute Gasteiger partial charge is 0.342 e. The van der Waals surface area contributed by atoms with Crippen molar-refractivity contribution in [2.75, 3.05) is 4.90 Å². The number of thioether (sulfide) groups is 1. The second kappa shape index (κ2) is 8.30. The lowest BCUT2D eigenvalue weighted by Gasteiger charge is -2.12. The van der Waals surface area contributed by atoms with Crippen molar-refractivity contribution < 1.29 is 14.0 Å². The molecule has 0 saturated carbocycles. The van der Waals surface area contributed by atoms with Gasteiger partial charge in [0.1, 0.15) is 5.82 Å². The molecule has 0 aliphatic carbocycles. The summed E-state index contributed by atoms with van der Waals surface area (Å²) < 4.78 is 15.3. The van der Waals surface area contributed by atoms with Gasteiger partial charge in [0.25, 0.3) is 11.1 Å². The molecule has 0 spiro atoms. The zero-order chi connectivity index (χ0) is 22.2. The van der Waals surface area contributed by atoms with Crippen molar-refractivity contribution in [3.05, 3.63) is 106 Å². The van der Waals surface area contributed by atoms with Crippen LogP contribution in [0.1, 0.15) is 11.1 Å². The summed E-state index contributed by atoms with van der Waals surface area (Å²) in [6.45, 7) is 0.554. The smallest absolute Gasteiger partial charge is 0.298 e. The van der Waals surface area contributed by atoms with E-state index in [4.69, 9.17) is 11.6 Å². The molecule has 0 bridgehead atoms. The summed E-state index contributed by atoms with van der Waals surface area (Å²) in [7, 11) is 0. The number of hydrogen-bond acceptors (Lipinski definition) is 3. The Morgan fingerprint density at radius 2 is 1.75 bits per heavy atom. The number of nitrogens with zero attached hydrogens (tertiary/aromatic N) is 2. The molecule has 1 saturated heterocycles. The number of rotatable bonds is 4. The minimum absolute atomic E-state index is 0.276. The summed E-state index contributed by atoms with van der Waals surface area (Å²) in [5, 5.41) is 1.05. The summed E-state index contributed by atoms with van der Waals surface area (Å²) in [6, 6.07) is 20.9. The lowest BCUT2D eigenvalue weighted by atomic mass is 10.1. The number of imide groups is 1. The van der Waals surface area contributed by atoms with E-state index in [1.165, 1.54) is 12.1 Å². The van der Waals surface area contributed by atoms with Gasteiger partial charge in [-0.15, -0.1) is 0 Å². The zero-order valence-electron chi connectivity index (χ0n) is 16.7. The van der Waals surface area contributed by atoms with Crippen molar-refractivity contribution in [2.45, 2.75) is 6.54 Å². The first-order chi connectivity index (χ1) is 15.5. The van der Waals surface area contributed by atoms with Crippen molar-refractivity contribution in [1.82, 2.24) is 4.57 Å². The van der Waals surface area contributed by atoms with Gasteiger partial charge >= 0.3 is 0 Å². The van der Waals surface area contributed by atoms with Crippen LogP contribution in [0.4, 0.5) is 14.9 Å². The number of hydrogen-bond donors (Lipinski definition) is 0. The Hall–Kier alpha value is -3.35. The summed E-state index contributed by atoms with van der Waals surface area (Å²) in [4.78, 5) is 27.1. The van der Waals surface area contributed by atoms with Gasteiger partial charge in [-0.05, 0) is 59.8 Å². The third-order valence-corrected chi connectivity index (χ3v) is 6.34. The standard InChI is InChI=1S/C25H16ClFN2O2S/c26-18-4-3-5-20(13-18)29-24(30)23(32-25(29)31)12-17-15-28(22-7-2-1-6-21(17)22)14-16-8-10-19(27)11-9-16/h1-13,15H,14H2/b23-12+. The van der Waals surface area contributed by atoms with Gasteiger partial charge < -0.3 is 4.57 Å². The molecule has 4 aromatic rings. The second-order valence-corrected chi connectivity index (χ2v) is 8.78. The highest BCUT2D eigenvalue weighted by molar-refractivity contribution is 8.19. The van der Waals surface area contributed by atoms with E-state index in [1.807, 2.05) is 30.5 Å². The third-order valence-electron chi connectivity index (χ3n) is 5.23. The maximum atomic E-state index is 13.3. The number of halogens is 2. The molecule has 1 fully saturated rings. The van der Waals surface area contributed by atoms with Crippen molar-refractivity contribution >= 4 is 57.2 Å². The lowest BCUT2D eigenvalue weighted by Crippen LogP contribution is -2.27. The molecule has 7 heteroatoms. The Morgan fingerprint density at radius 1 is 0.969 bits per heavy atom. The number of aromatic nitrogens is 1. The van der Waals surface area contributed by atoms with Crippen LogP contribution in [0, 0.1) is 5.82 Å². The highest BCUT2D eigenvalue weighted by Gasteiger charge is 2.36. The van der Waals surface area contributed by atoms with Crippen LogP contribution in [-0.4, -0.2) is 15.7 Å². The zero-order valence-corrected chi connectivity index (χ0v) is 18.2. The van der Waals surface area contributed by atoms with E-state index in [9.17, 15) is 14.0 Å². The fourth-order valence-corrected chi connectivity index (χ4v) is 4.77. The number of fused-ring (bicyclic) bond motifs is 1. The van der Waals surface area contributed by atoms with E-state index in [0.717, 1.165) is 38.7 Å². The predicted octanol–water partition coefficient (Wildman–Crippen LogP) is 6.72.